The van der Waals surface area contributed by atoms with Crippen molar-refractivity contribution in [2.75, 3.05) is 31.1 Å². The Bertz CT molecular complexity index is 1530. The van der Waals surface area contributed by atoms with Crippen LogP contribution < -0.4 is 10.5 Å². The first-order valence-corrected chi connectivity index (χ1v) is 12.5. The summed E-state index contributed by atoms with van der Waals surface area (Å²) in [7, 11) is -3.70. The van der Waals surface area contributed by atoms with Crippen LogP contribution in [0.15, 0.2) is 56.8 Å². The molecule has 2 aromatic heterocycles. The van der Waals surface area contributed by atoms with Crippen molar-refractivity contribution in [2.24, 2.45) is 0 Å². The molecule has 1 aliphatic heterocycles. The van der Waals surface area contributed by atoms with E-state index in [-0.39, 0.29) is 10.4 Å². The van der Waals surface area contributed by atoms with Crippen LogP contribution in [0.3, 0.4) is 0 Å². The van der Waals surface area contributed by atoms with Gasteiger partial charge in [0.15, 0.2) is 5.52 Å². The number of fused-ring (bicyclic) bond motifs is 3. The molecule has 4 aromatic rings. The maximum Gasteiger partial charge on any atom is 0.364 e. The number of hydrogen-bond acceptors (Lipinski definition) is 6. The second kappa shape index (κ2) is 8.00. The monoisotopic (exact) mass is 466 g/mol. The first-order chi connectivity index (χ1) is 15.8. The van der Waals surface area contributed by atoms with E-state index < -0.39 is 15.6 Å². The van der Waals surface area contributed by atoms with Gasteiger partial charge < -0.3 is 13.9 Å². The van der Waals surface area contributed by atoms with Crippen molar-refractivity contribution >= 4 is 37.7 Å². The standard InChI is InChI=1S/C24H26N4O4S/c1-4-26-15-25-22-23(26)19-14-18(7-8-21(19)32-24(22)29)33(30,31)28-11-9-27(10-12-28)20-13-16(2)5-6-17(20)3/h5-8,13-15H,4,9-12H2,1-3H3. The van der Waals surface area contributed by atoms with Gasteiger partial charge >= 0.3 is 5.63 Å². The number of nitrogens with zero attached hydrogens (tertiary/aromatic N) is 4. The maximum atomic E-state index is 13.5. The Morgan fingerprint density at radius 2 is 1.79 bits per heavy atom. The highest BCUT2D eigenvalue weighted by molar-refractivity contribution is 7.89. The molecule has 1 fully saturated rings. The average Bonchev–Trinajstić information content (AvgIpc) is 3.26. The van der Waals surface area contributed by atoms with E-state index in [0.717, 1.165) is 5.69 Å². The molecule has 0 radical (unpaired) electrons. The fraction of sp³-hybridized carbons (Fsp3) is 0.333. The highest BCUT2D eigenvalue weighted by Crippen LogP contribution is 2.28. The lowest BCUT2D eigenvalue weighted by Gasteiger charge is -2.36. The molecule has 0 spiro atoms. The quantitative estimate of drug-likeness (QED) is 0.429. The van der Waals surface area contributed by atoms with Gasteiger partial charge in [-0.25, -0.2) is 18.2 Å². The smallest absolute Gasteiger partial charge is 0.364 e. The highest BCUT2D eigenvalue weighted by atomic mass is 32.2. The first kappa shape index (κ1) is 21.7. The summed E-state index contributed by atoms with van der Waals surface area (Å²) in [6.07, 6.45) is 1.58. The van der Waals surface area contributed by atoms with Crippen LogP contribution in [0.4, 0.5) is 5.69 Å². The summed E-state index contributed by atoms with van der Waals surface area (Å²) in [4.78, 5) is 18.9. The molecule has 9 heteroatoms. The van der Waals surface area contributed by atoms with Crippen LogP contribution in [0.5, 0.6) is 0 Å². The molecule has 0 unspecified atom stereocenters. The van der Waals surface area contributed by atoms with Gasteiger partial charge in [0.1, 0.15) is 5.58 Å². The molecule has 0 saturated carbocycles. The minimum absolute atomic E-state index is 0.189. The SMILES string of the molecule is CCn1cnc2c(=O)oc3ccc(S(=O)(=O)N4CCN(c5cc(C)ccc5C)CC4)cc3c21. The molecule has 0 bridgehead atoms. The molecule has 1 saturated heterocycles. The zero-order valence-electron chi connectivity index (χ0n) is 18.9. The number of rotatable bonds is 4. The van der Waals surface area contributed by atoms with Gasteiger partial charge in [-0.15, -0.1) is 0 Å². The van der Waals surface area contributed by atoms with Crippen LogP contribution in [-0.4, -0.2) is 48.5 Å². The Balaban J connectivity index is 1.48. The second-order valence-electron chi connectivity index (χ2n) is 8.46. The van der Waals surface area contributed by atoms with E-state index in [1.165, 1.54) is 21.5 Å². The summed E-state index contributed by atoms with van der Waals surface area (Å²) < 4.78 is 35.7. The topological polar surface area (TPSA) is 88.6 Å². The average molecular weight is 467 g/mol. The van der Waals surface area contributed by atoms with Gasteiger partial charge in [0.05, 0.1) is 16.7 Å². The van der Waals surface area contributed by atoms with Crippen LogP contribution in [0.25, 0.3) is 22.0 Å². The second-order valence-corrected chi connectivity index (χ2v) is 10.4. The summed E-state index contributed by atoms with van der Waals surface area (Å²) in [6.45, 7) is 8.74. The van der Waals surface area contributed by atoms with Gasteiger partial charge in [-0.2, -0.15) is 4.31 Å². The Labute approximate surface area is 192 Å². The number of anilines is 1. The first-order valence-electron chi connectivity index (χ1n) is 11.0. The fourth-order valence-electron chi connectivity index (χ4n) is 4.52. The van der Waals surface area contributed by atoms with Crippen LogP contribution in [-0.2, 0) is 16.6 Å². The van der Waals surface area contributed by atoms with Crippen molar-refractivity contribution in [3.8, 4) is 0 Å². The molecular formula is C24H26N4O4S. The number of aromatic nitrogens is 2. The van der Waals surface area contributed by atoms with Crippen molar-refractivity contribution in [1.29, 1.82) is 0 Å². The Morgan fingerprint density at radius 3 is 2.52 bits per heavy atom. The normalized spacial score (nSPS) is 15.5. The van der Waals surface area contributed by atoms with Gasteiger partial charge in [0.25, 0.3) is 0 Å². The zero-order chi connectivity index (χ0) is 23.3. The summed E-state index contributed by atoms with van der Waals surface area (Å²) in [5.74, 6) is 0. The Kier molecular flexibility index (Phi) is 5.25. The molecule has 1 aliphatic rings. The van der Waals surface area contributed by atoms with Crippen LogP contribution in [0.2, 0.25) is 0 Å². The lowest BCUT2D eigenvalue weighted by atomic mass is 10.1. The van der Waals surface area contributed by atoms with E-state index in [2.05, 4.69) is 41.9 Å². The van der Waals surface area contributed by atoms with Crippen molar-refractivity contribution in [3.63, 3.8) is 0 Å². The molecule has 8 nitrogen and oxygen atoms in total. The minimum atomic E-state index is -3.70. The van der Waals surface area contributed by atoms with Crippen LogP contribution in [0.1, 0.15) is 18.1 Å². The zero-order valence-corrected chi connectivity index (χ0v) is 19.7. The van der Waals surface area contributed by atoms with Crippen molar-refractivity contribution in [2.45, 2.75) is 32.2 Å². The molecule has 3 heterocycles. The fourth-order valence-corrected chi connectivity index (χ4v) is 5.97. The predicted octanol–water partition coefficient (Wildman–Crippen LogP) is 3.29. The number of aryl methyl sites for hydroxylation is 3. The van der Waals surface area contributed by atoms with E-state index in [4.69, 9.17) is 4.42 Å². The molecule has 5 rings (SSSR count). The molecule has 0 aliphatic carbocycles. The van der Waals surface area contributed by atoms with Crippen molar-refractivity contribution < 1.29 is 12.8 Å². The number of piperazine rings is 1. The van der Waals surface area contributed by atoms with Crippen molar-refractivity contribution in [1.82, 2.24) is 13.9 Å². The van der Waals surface area contributed by atoms with Gasteiger partial charge in [-0.3, -0.25) is 0 Å². The van der Waals surface area contributed by atoms with E-state index in [9.17, 15) is 13.2 Å². The minimum Gasteiger partial charge on any atom is -0.421 e. The third-order valence-corrected chi connectivity index (χ3v) is 8.26. The number of benzene rings is 2. The Morgan fingerprint density at radius 1 is 1.03 bits per heavy atom. The summed E-state index contributed by atoms with van der Waals surface area (Å²) in [5.41, 5.74) is 4.16. The summed E-state index contributed by atoms with van der Waals surface area (Å²) >= 11 is 0. The molecule has 2 aromatic carbocycles. The number of hydrogen-bond donors (Lipinski definition) is 0. The predicted molar refractivity (Wildman–Crippen MR) is 128 cm³/mol. The lowest BCUT2D eigenvalue weighted by Crippen LogP contribution is -2.48. The van der Waals surface area contributed by atoms with Crippen LogP contribution >= 0.6 is 0 Å². The van der Waals surface area contributed by atoms with Gasteiger partial charge in [0, 0.05) is 43.8 Å². The lowest BCUT2D eigenvalue weighted by molar-refractivity contribution is 0.385. The molecule has 33 heavy (non-hydrogen) atoms. The molecule has 0 amide bonds. The van der Waals surface area contributed by atoms with Crippen LogP contribution in [0, 0.1) is 13.8 Å². The van der Waals surface area contributed by atoms with Crippen molar-refractivity contribution in [3.05, 3.63) is 64.3 Å². The molecular weight excluding hydrogens is 440 g/mol. The third-order valence-electron chi connectivity index (χ3n) is 6.36. The van der Waals surface area contributed by atoms with E-state index in [1.54, 1.807) is 18.5 Å². The van der Waals surface area contributed by atoms with Gasteiger partial charge in [0.2, 0.25) is 10.0 Å². The van der Waals surface area contributed by atoms with Gasteiger partial charge in [-0.1, -0.05) is 12.1 Å². The summed E-state index contributed by atoms with van der Waals surface area (Å²) in [6, 6.07) is 11.0. The molecule has 0 atom stereocenters. The van der Waals surface area contributed by atoms with E-state index >= 15 is 0 Å². The summed E-state index contributed by atoms with van der Waals surface area (Å²) in [5, 5.41) is 0.569. The molecule has 172 valence electrons. The largest absolute Gasteiger partial charge is 0.421 e. The van der Waals surface area contributed by atoms with Gasteiger partial charge in [-0.05, 0) is 56.2 Å². The number of imidazole rings is 1. The molecule has 0 N–H and O–H groups in total. The number of sulfonamides is 1. The third kappa shape index (κ3) is 3.61. The highest BCUT2D eigenvalue weighted by Gasteiger charge is 2.29. The van der Waals surface area contributed by atoms with E-state index in [1.807, 2.05) is 11.5 Å². The maximum absolute atomic E-state index is 13.5. The van der Waals surface area contributed by atoms with E-state index in [0.29, 0.717) is 49.2 Å². The Hall–Kier alpha value is -3.17.